The van der Waals surface area contributed by atoms with Crippen LogP contribution in [0.3, 0.4) is 0 Å². The lowest BCUT2D eigenvalue weighted by Crippen LogP contribution is -2.34. The van der Waals surface area contributed by atoms with Crippen molar-refractivity contribution in [2.24, 2.45) is 0 Å². The molecule has 1 aromatic heterocycles. The second kappa shape index (κ2) is 9.72. The number of rotatable bonds is 7. The monoisotopic (exact) mass is 444 g/mol. The highest BCUT2D eigenvalue weighted by Gasteiger charge is 2.16. The highest BCUT2D eigenvalue weighted by atomic mass is 19.2. The third-order valence-electron chi connectivity index (χ3n) is 5.42. The quantitative estimate of drug-likeness (QED) is 0.399. The molecule has 3 aromatic carbocycles. The number of nitriles is 1. The first-order chi connectivity index (χ1) is 16.0. The number of nitrogens with zero attached hydrogens (tertiary/aromatic N) is 4. The number of aromatic nitrogens is 2. The molecule has 0 atom stereocenters. The van der Waals surface area contributed by atoms with Gasteiger partial charge in [0.2, 0.25) is 0 Å². The van der Waals surface area contributed by atoms with Crippen molar-refractivity contribution in [2.45, 2.75) is 26.6 Å². The minimum absolute atomic E-state index is 0.230. The molecular formula is C26H22F2N4O. The summed E-state index contributed by atoms with van der Waals surface area (Å²) in [4.78, 5) is 15.3. The molecule has 0 saturated carbocycles. The van der Waals surface area contributed by atoms with Gasteiger partial charge in [-0.3, -0.25) is 9.69 Å². The van der Waals surface area contributed by atoms with Gasteiger partial charge in [-0.05, 0) is 54.9 Å². The van der Waals surface area contributed by atoms with Gasteiger partial charge in [0, 0.05) is 17.5 Å². The minimum atomic E-state index is -0.968. The van der Waals surface area contributed by atoms with E-state index in [2.05, 4.69) is 23.0 Å². The molecule has 4 aromatic rings. The normalized spacial score (nSPS) is 11.1. The lowest BCUT2D eigenvalue weighted by Gasteiger charge is -2.23. The van der Waals surface area contributed by atoms with Crippen LogP contribution in [0, 0.1) is 23.0 Å². The minimum Gasteiger partial charge on any atom is -0.280 e. The summed E-state index contributed by atoms with van der Waals surface area (Å²) in [6.07, 6.45) is 0.870. The molecule has 166 valence electrons. The Bertz CT molecular complexity index is 1390. The molecule has 4 rings (SSSR count). The van der Waals surface area contributed by atoms with Crippen molar-refractivity contribution < 1.29 is 8.78 Å². The average Bonchev–Trinajstić information content (AvgIpc) is 2.83. The Morgan fingerprint density at radius 3 is 2.39 bits per heavy atom. The summed E-state index contributed by atoms with van der Waals surface area (Å²) in [5.74, 6) is -1.91. The molecule has 0 N–H and O–H groups in total. The van der Waals surface area contributed by atoms with Gasteiger partial charge < -0.3 is 0 Å². The second-order valence-electron chi connectivity index (χ2n) is 7.83. The average molecular weight is 444 g/mol. The molecule has 0 radical (unpaired) electrons. The van der Waals surface area contributed by atoms with Crippen LogP contribution in [0.1, 0.15) is 24.5 Å². The Hall–Kier alpha value is -3.89. The van der Waals surface area contributed by atoms with Crippen LogP contribution in [0.2, 0.25) is 0 Å². The third kappa shape index (κ3) is 4.81. The second-order valence-corrected chi connectivity index (χ2v) is 7.83. The van der Waals surface area contributed by atoms with Gasteiger partial charge >= 0.3 is 0 Å². The van der Waals surface area contributed by atoms with E-state index in [4.69, 9.17) is 5.26 Å². The first-order valence-corrected chi connectivity index (χ1v) is 10.7. The molecule has 7 heteroatoms. The van der Waals surface area contributed by atoms with E-state index in [0.717, 1.165) is 30.7 Å². The summed E-state index contributed by atoms with van der Waals surface area (Å²) in [6, 6.07) is 20.1. The van der Waals surface area contributed by atoms with Gasteiger partial charge in [-0.2, -0.15) is 10.4 Å². The summed E-state index contributed by atoms with van der Waals surface area (Å²) in [6.45, 7) is 3.58. The molecule has 0 fully saturated rings. The largest absolute Gasteiger partial charge is 0.280 e. The number of fused-ring (bicyclic) bond motifs is 1. The van der Waals surface area contributed by atoms with Crippen molar-refractivity contribution in [2.75, 3.05) is 6.54 Å². The fourth-order valence-electron chi connectivity index (χ4n) is 3.84. The van der Waals surface area contributed by atoms with Crippen molar-refractivity contribution in [1.29, 1.82) is 5.26 Å². The summed E-state index contributed by atoms with van der Waals surface area (Å²) in [5, 5.41) is 14.6. The summed E-state index contributed by atoms with van der Waals surface area (Å²) in [7, 11) is 0. The van der Waals surface area contributed by atoms with Gasteiger partial charge in [0.05, 0.1) is 29.4 Å². The van der Waals surface area contributed by atoms with Gasteiger partial charge in [-0.15, -0.1) is 0 Å². The van der Waals surface area contributed by atoms with E-state index in [1.165, 1.54) is 10.7 Å². The SMILES string of the molecule is CCCN(Cc1ccc(C#N)cc1)Cn1nc(-c2ccc(F)c(F)c2)c2ccccc2c1=O. The first-order valence-electron chi connectivity index (χ1n) is 10.7. The fraction of sp³-hybridized carbons (Fsp3) is 0.192. The highest BCUT2D eigenvalue weighted by Crippen LogP contribution is 2.26. The predicted octanol–water partition coefficient (Wildman–Crippen LogP) is 5.08. The van der Waals surface area contributed by atoms with Crippen LogP contribution in [0.25, 0.3) is 22.0 Å². The Balaban J connectivity index is 1.75. The van der Waals surface area contributed by atoms with Gasteiger partial charge in [-0.1, -0.05) is 37.3 Å². The molecule has 0 amide bonds. The zero-order chi connectivity index (χ0) is 23.4. The Kier molecular flexibility index (Phi) is 6.57. The molecule has 0 unspecified atom stereocenters. The highest BCUT2D eigenvalue weighted by molar-refractivity contribution is 5.93. The molecule has 0 spiro atoms. The molecule has 5 nitrogen and oxygen atoms in total. The molecule has 1 heterocycles. The fourth-order valence-corrected chi connectivity index (χ4v) is 3.84. The van der Waals surface area contributed by atoms with Crippen LogP contribution in [0.4, 0.5) is 8.78 Å². The van der Waals surface area contributed by atoms with Crippen LogP contribution in [0.5, 0.6) is 0 Å². The van der Waals surface area contributed by atoms with E-state index in [1.54, 1.807) is 36.4 Å². The van der Waals surface area contributed by atoms with Crippen LogP contribution < -0.4 is 5.56 Å². The van der Waals surface area contributed by atoms with Gasteiger partial charge in [0.1, 0.15) is 0 Å². The van der Waals surface area contributed by atoms with E-state index in [-0.39, 0.29) is 12.2 Å². The van der Waals surface area contributed by atoms with E-state index in [1.807, 2.05) is 12.1 Å². The maximum Gasteiger partial charge on any atom is 0.275 e. The van der Waals surface area contributed by atoms with Gasteiger partial charge in [-0.25, -0.2) is 13.5 Å². The van der Waals surface area contributed by atoms with E-state index in [0.29, 0.717) is 34.1 Å². The molecule has 0 aliphatic rings. The molecular weight excluding hydrogens is 422 g/mol. The van der Waals surface area contributed by atoms with E-state index >= 15 is 0 Å². The smallest absolute Gasteiger partial charge is 0.275 e. The van der Waals surface area contributed by atoms with Crippen LogP contribution in [-0.4, -0.2) is 21.2 Å². The van der Waals surface area contributed by atoms with E-state index in [9.17, 15) is 13.6 Å². The maximum atomic E-state index is 14.0. The molecule has 33 heavy (non-hydrogen) atoms. The number of benzene rings is 3. The topological polar surface area (TPSA) is 61.9 Å². The molecule has 0 saturated heterocycles. The predicted molar refractivity (Wildman–Crippen MR) is 123 cm³/mol. The number of hydrogen-bond acceptors (Lipinski definition) is 4. The van der Waals surface area contributed by atoms with Crippen molar-refractivity contribution in [1.82, 2.24) is 14.7 Å². The summed E-state index contributed by atoms with van der Waals surface area (Å²) >= 11 is 0. The molecule has 0 aliphatic heterocycles. The Morgan fingerprint density at radius 2 is 1.73 bits per heavy atom. The van der Waals surface area contributed by atoms with Crippen LogP contribution in [-0.2, 0) is 13.2 Å². The Labute approximate surface area is 190 Å². The lowest BCUT2D eigenvalue weighted by atomic mass is 10.0. The van der Waals surface area contributed by atoms with Gasteiger partial charge in [0.25, 0.3) is 5.56 Å². The zero-order valence-corrected chi connectivity index (χ0v) is 18.1. The molecule has 0 aliphatic carbocycles. The molecule has 0 bridgehead atoms. The first kappa shape index (κ1) is 22.3. The van der Waals surface area contributed by atoms with Gasteiger partial charge in [0.15, 0.2) is 11.6 Å². The van der Waals surface area contributed by atoms with E-state index < -0.39 is 11.6 Å². The third-order valence-corrected chi connectivity index (χ3v) is 5.42. The zero-order valence-electron chi connectivity index (χ0n) is 18.1. The van der Waals surface area contributed by atoms with Crippen molar-refractivity contribution in [3.8, 4) is 17.3 Å². The van der Waals surface area contributed by atoms with Crippen molar-refractivity contribution >= 4 is 10.8 Å². The summed E-state index contributed by atoms with van der Waals surface area (Å²) in [5.41, 5.74) is 2.16. The number of hydrogen-bond donors (Lipinski definition) is 0. The van der Waals surface area contributed by atoms with Crippen molar-refractivity contribution in [3.63, 3.8) is 0 Å². The number of halogens is 2. The van der Waals surface area contributed by atoms with Crippen molar-refractivity contribution in [3.05, 3.63) is 99.8 Å². The Morgan fingerprint density at radius 1 is 1.00 bits per heavy atom. The van der Waals surface area contributed by atoms with Crippen LogP contribution in [0.15, 0.2) is 71.5 Å². The summed E-state index contributed by atoms with van der Waals surface area (Å²) < 4.78 is 28.8. The maximum absolute atomic E-state index is 14.0. The standard InChI is InChI=1S/C26H22F2N4O/c1-2-13-31(16-19-9-7-18(15-29)8-10-19)17-32-26(33)22-6-4-3-5-21(22)25(30-32)20-11-12-23(27)24(28)14-20/h3-12,14H,2,13,16-17H2,1H3. The lowest BCUT2D eigenvalue weighted by molar-refractivity contribution is 0.195. The van der Waals surface area contributed by atoms with Crippen LogP contribution >= 0.6 is 0 Å².